The summed E-state index contributed by atoms with van der Waals surface area (Å²) >= 11 is 0. The van der Waals surface area contributed by atoms with E-state index in [1.54, 1.807) is 0 Å². The highest BCUT2D eigenvalue weighted by molar-refractivity contribution is 6.25. The van der Waals surface area contributed by atoms with Gasteiger partial charge in [-0.3, -0.25) is 19.6 Å². The lowest BCUT2D eigenvalue weighted by molar-refractivity contribution is 0.102. The Bertz CT molecular complexity index is 2960. The molecule has 0 saturated carbocycles. The van der Waals surface area contributed by atoms with Crippen LogP contribution in [-0.2, 0) is 0 Å². The van der Waals surface area contributed by atoms with E-state index in [4.69, 9.17) is 9.97 Å². The fourth-order valence-electron chi connectivity index (χ4n) is 8.16. The van der Waals surface area contributed by atoms with Crippen molar-refractivity contribution < 1.29 is 9.59 Å². The minimum Gasteiger partial charge on any atom is -0.287 e. The second-order valence-corrected chi connectivity index (χ2v) is 13.9. The lowest BCUT2D eigenvalue weighted by Crippen LogP contribution is -2.07. The molecule has 4 nitrogen and oxygen atoms in total. The molecule has 2 aromatic heterocycles. The quantitative estimate of drug-likeness (QED) is 0.154. The number of aromatic nitrogens is 2. The van der Waals surface area contributed by atoms with Crippen molar-refractivity contribution in [2.24, 2.45) is 0 Å². The van der Waals surface area contributed by atoms with E-state index < -0.39 is 0 Å². The first-order valence-corrected chi connectivity index (χ1v) is 18.7. The average molecular weight is 717 g/mol. The molecule has 10 rings (SSSR count). The standard InChI is InChI=1S/C52H32N2O2/c55-51(49-43-25-13-11-23-39(43)47(31-53-49)33-15-3-1-4-16-33)45-29-27-41(35-19-7-9-21-37(35)45)42-28-30-46(38-22-10-8-20-36(38)42)52(56)50-44-26-14-12-24-40(44)48(32-54-50)34-17-5-2-6-18-34/h1-32H. The minimum absolute atomic E-state index is 0.132. The van der Waals surface area contributed by atoms with Crippen LogP contribution in [0.15, 0.2) is 194 Å². The van der Waals surface area contributed by atoms with Crippen LogP contribution in [0, 0.1) is 0 Å². The molecule has 8 aromatic carbocycles. The van der Waals surface area contributed by atoms with Crippen LogP contribution in [0.1, 0.15) is 32.1 Å². The van der Waals surface area contributed by atoms with Crippen LogP contribution in [0.5, 0.6) is 0 Å². The van der Waals surface area contributed by atoms with Gasteiger partial charge in [-0.15, -0.1) is 0 Å². The van der Waals surface area contributed by atoms with Crippen molar-refractivity contribution in [1.29, 1.82) is 0 Å². The first-order chi connectivity index (χ1) is 27.7. The summed E-state index contributed by atoms with van der Waals surface area (Å²) in [5.74, 6) is -0.264. The highest BCUT2D eigenvalue weighted by atomic mass is 16.1. The van der Waals surface area contributed by atoms with E-state index in [1.807, 2.05) is 146 Å². The third-order valence-corrected chi connectivity index (χ3v) is 10.8. The van der Waals surface area contributed by atoms with Crippen molar-refractivity contribution >= 4 is 54.7 Å². The van der Waals surface area contributed by atoms with Crippen molar-refractivity contribution in [3.8, 4) is 33.4 Å². The van der Waals surface area contributed by atoms with E-state index in [1.165, 1.54) is 0 Å². The Labute approximate surface area is 323 Å². The number of hydrogen-bond acceptors (Lipinski definition) is 4. The number of nitrogens with zero attached hydrogens (tertiary/aromatic N) is 2. The third-order valence-electron chi connectivity index (χ3n) is 10.8. The van der Waals surface area contributed by atoms with Gasteiger partial charge in [-0.25, -0.2) is 0 Å². The van der Waals surface area contributed by atoms with E-state index >= 15 is 0 Å². The van der Waals surface area contributed by atoms with E-state index in [2.05, 4.69) is 48.5 Å². The van der Waals surface area contributed by atoms with Gasteiger partial charge in [0.2, 0.25) is 11.6 Å². The van der Waals surface area contributed by atoms with Crippen LogP contribution in [-0.4, -0.2) is 21.5 Å². The Balaban J connectivity index is 1.08. The van der Waals surface area contributed by atoms with Gasteiger partial charge in [0.1, 0.15) is 11.4 Å². The number of rotatable bonds is 7. The molecule has 0 bridgehead atoms. The summed E-state index contributed by atoms with van der Waals surface area (Å²) in [5, 5.41) is 7.15. The minimum atomic E-state index is -0.132. The van der Waals surface area contributed by atoms with Crippen molar-refractivity contribution in [3.63, 3.8) is 0 Å². The second kappa shape index (κ2) is 13.7. The van der Waals surface area contributed by atoms with Gasteiger partial charge in [-0.05, 0) is 66.7 Å². The van der Waals surface area contributed by atoms with Crippen molar-refractivity contribution in [2.75, 3.05) is 0 Å². The molecule has 4 heteroatoms. The number of pyridine rings is 2. The molecule has 56 heavy (non-hydrogen) atoms. The highest BCUT2D eigenvalue weighted by Gasteiger charge is 2.23. The molecule has 0 unspecified atom stereocenters. The van der Waals surface area contributed by atoms with Gasteiger partial charge < -0.3 is 0 Å². The predicted molar refractivity (Wildman–Crippen MR) is 228 cm³/mol. The molecular formula is C52H32N2O2. The zero-order chi connectivity index (χ0) is 37.6. The fourth-order valence-corrected chi connectivity index (χ4v) is 8.16. The summed E-state index contributed by atoms with van der Waals surface area (Å²) in [6.07, 6.45) is 3.62. The largest absolute Gasteiger partial charge is 0.287 e. The normalized spacial score (nSPS) is 11.4. The van der Waals surface area contributed by atoms with E-state index in [9.17, 15) is 9.59 Å². The molecular weight excluding hydrogens is 685 g/mol. The third kappa shape index (κ3) is 5.47. The highest BCUT2D eigenvalue weighted by Crippen LogP contribution is 2.39. The van der Waals surface area contributed by atoms with Crippen LogP contribution < -0.4 is 0 Å². The fraction of sp³-hybridized carbons (Fsp3) is 0. The molecule has 0 aliphatic rings. The maximum Gasteiger partial charge on any atom is 0.212 e. The summed E-state index contributed by atoms with van der Waals surface area (Å²) < 4.78 is 0. The monoisotopic (exact) mass is 716 g/mol. The maximum absolute atomic E-state index is 14.5. The lowest BCUT2D eigenvalue weighted by atomic mass is 9.87. The molecule has 0 atom stereocenters. The maximum atomic E-state index is 14.5. The van der Waals surface area contributed by atoms with Gasteiger partial charge >= 0.3 is 0 Å². The number of ketones is 2. The van der Waals surface area contributed by atoms with Crippen molar-refractivity contribution in [3.05, 3.63) is 217 Å². The van der Waals surface area contributed by atoms with Crippen LogP contribution in [0.3, 0.4) is 0 Å². The molecule has 0 radical (unpaired) electrons. The topological polar surface area (TPSA) is 59.9 Å². The number of hydrogen-bond donors (Lipinski definition) is 0. The molecule has 0 spiro atoms. The van der Waals surface area contributed by atoms with Gasteiger partial charge in [-0.2, -0.15) is 0 Å². The Morgan fingerprint density at radius 2 is 0.589 bits per heavy atom. The summed E-state index contributed by atoms with van der Waals surface area (Å²) in [4.78, 5) is 38.6. The SMILES string of the molecule is O=C(c1ccc(-c2ccc(C(=O)c3ncc(-c4ccccc4)c4ccccc34)c3ccccc23)c2ccccc12)c1ncc(-c2ccccc2)c2ccccc12. The van der Waals surface area contributed by atoms with E-state index in [-0.39, 0.29) is 11.6 Å². The zero-order valence-corrected chi connectivity index (χ0v) is 30.2. The second-order valence-electron chi connectivity index (χ2n) is 13.9. The number of fused-ring (bicyclic) bond motifs is 4. The Kier molecular flexibility index (Phi) is 8.08. The van der Waals surface area contributed by atoms with Crippen molar-refractivity contribution in [2.45, 2.75) is 0 Å². The molecule has 0 N–H and O–H groups in total. The first kappa shape index (κ1) is 33.0. The molecule has 0 amide bonds. The summed E-state index contributed by atoms with van der Waals surface area (Å²) in [5.41, 5.74) is 8.03. The van der Waals surface area contributed by atoms with Crippen LogP contribution in [0.2, 0.25) is 0 Å². The smallest absolute Gasteiger partial charge is 0.212 e. The first-order valence-electron chi connectivity index (χ1n) is 18.7. The number of carbonyl (C=O) groups is 2. The Morgan fingerprint density at radius 1 is 0.286 bits per heavy atom. The average Bonchev–Trinajstić information content (AvgIpc) is 3.27. The molecule has 262 valence electrons. The zero-order valence-electron chi connectivity index (χ0n) is 30.2. The Morgan fingerprint density at radius 3 is 0.964 bits per heavy atom. The molecule has 0 aliphatic carbocycles. The van der Waals surface area contributed by atoms with Gasteiger partial charge in [0.05, 0.1) is 0 Å². The Hall–Kier alpha value is -7.56. The van der Waals surface area contributed by atoms with Gasteiger partial charge in [0, 0.05) is 45.4 Å². The lowest BCUT2D eigenvalue weighted by Gasteiger charge is -2.16. The molecule has 0 aliphatic heterocycles. The number of carbonyl (C=O) groups excluding carboxylic acids is 2. The van der Waals surface area contributed by atoms with E-state index in [0.29, 0.717) is 22.5 Å². The summed E-state index contributed by atoms with van der Waals surface area (Å²) in [6, 6.07) is 60.2. The van der Waals surface area contributed by atoms with Crippen molar-refractivity contribution in [1.82, 2.24) is 9.97 Å². The van der Waals surface area contributed by atoms with Crippen LogP contribution >= 0.6 is 0 Å². The molecule has 10 aromatic rings. The van der Waals surface area contributed by atoms with E-state index in [0.717, 1.165) is 76.5 Å². The molecule has 2 heterocycles. The van der Waals surface area contributed by atoms with Crippen LogP contribution in [0.25, 0.3) is 76.5 Å². The van der Waals surface area contributed by atoms with Gasteiger partial charge in [0.15, 0.2) is 0 Å². The summed E-state index contributed by atoms with van der Waals surface area (Å²) in [7, 11) is 0. The summed E-state index contributed by atoms with van der Waals surface area (Å²) in [6.45, 7) is 0. The van der Waals surface area contributed by atoms with Gasteiger partial charge in [-0.1, -0.05) is 170 Å². The molecule has 0 saturated heterocycles. The van der Waals surface area contributed by atoms with Crippen LogP contribution in [0.4, 0.5) is 0 Å². The van der Waals surface area contributed by atoms with Gasteiger partial charge in [0.25, 0.3) is 0 Å². The predicted octanol–water partition coefficient (Wildman–Crippen LogP) is 12.6. The molecule has 0 fully saturated rings. The number of benzene rings is 8.